The Morgan fingerprint density at radius 2 is 2.00 bits per heavy atom. The highest BCUT2D eigenvalue weighted by Gasteiger charge is 2.24. The summed E-state index contributed by atoms with van der Waals surface area (Å²) in [4.78, 5) is 19.0. The number of hydrogen-bond acceptors (Lipinski definition) is 7. The molecule has 2 aromatic carbocycles. The van der Waals surface area contributed by atoms with Gasteiger partial charge in [0.25, 0.3) is 5.19 Å². The zero-order chi connectivity index (χ0) is 21.2. The number of carbonyl (C=O) groups is 1. The van der Waals surface area contributed by atoms with E-state index in [9.17, 15) is 4.79 Å². The highest BCUT2D eigenvalue weighted by molar-refractivity contribution is 7.20. The van der Waals surface area contributed by atoms with Crippen LogP contribution in [0.3, 0.4) is 0 Å². The van der Waals surface area contributed by atoms with Crippen LogP contribution in [0.5, 0.6) is 22.4 Å². The summed E-state index contributed by atoms with van der Waals surface area (Å²) in [6.07, 6.45) is 5.04. The summed E-state index contributed by atoms with van der Waals surface area (Å²) in [6, 6.07) is 11.4. The topological polar surface area (TPSA) is 70.1 Å². The second kappa shape index (κ2) is 8.47. The van der Waals surface area contributed by atoms with Crippen molar-refractivity contribution in [3.05, 3.63) is 48.0 Å². The molecule has 3 heterocycles. The van der Waals surface area contributed by atoms with E-state index in [4.69, 9.17) is 18.9 Å². The molecular formula is C23H22N2O5S. The Kier molecular flexibility index (Phi) is 5.38. The van der Waals surface area contributed by atoms with Crippen LogP contribution >= 0.6 is 11.3 Å². The molecule has 160 valence electrons. The van der Waals surface area contributed by atoms with Gasteiger partial charge in [-0.1, -0.05) is 17.4 Å². The van der Waals surface area contributed by atoms with Crippen LogP contribution < -0.4 is 18.9 Å². The molecule has 1 fully saturated rings. The van der Waals surface area contributed by atoms with Gasteiger partial charge in [-0.2, -0.15) is 0 Å². The summed E-state index contributed by atoms with van der Waals surface area (Å²) in [7, 11) is 1.65. The first-order chi connectivity index (χ1) is 15.2. The van der Waals surface area contributed by atoms with Gasteiger partial charge in [0, 0.05) is 32.0 Å². The molecular weight excluding hydrogens is 416 g/mol. The van der Waals surface area contributed by atoms with Crippen LogP contribution in [0, 0.1) is 0 Å². The SMILES string of the molecule is COc1ccc2nc(OC3CCN(C(=O)/C=C/c4ccc5c(c4)OCO5)CC3)sc2c1. The number of methoxy groups -OCH3 is 1. The fourth-order valence-corrected chi connectivity index (χ4v) is 4.60. The van der Waals surface area contributed by atoms with Gasteiger partial charge < -0.3 is 23.8 Å². The van der Waals surface area contributed by atoms with Crippen molar-refractivity contribution >= 4 is 33.5 Å². The van der Waals surface area contributed by atoms with Crippen molar-refractivity contribution in [1.29, 1.82) is 0 Å². The minimum absolute atomic E-state index is 0.00296. The first-order valence-corrected chi connectivity index (χ1v) is 11.0. The Balaban J connectivity index is 1.15. The van der Waals surface area contributed by atoms with Gasteiger partial charge in [-0.05, 0) is 42.0 Å². The van der Waals surface area contributed by atoms with Gasteiger partial charge in [0.2, 0.25) is 12.7 Å². The maximum Gasteiger partial charge on any atom is 0.274 e. The number of amides is 1. The minimum Gasteiger partial charge on any atom is -0.497 e. The molecule has 2 aliphatic rings. The van der Waals surface area contributed by atoms with Crippen molar-refractivity contribution in [2.24, 2.45) is 0 Å². The summed E-state index contributed by atoms with van der Waals surface area (Å²) in [5.74, 6) is 2.25. The molecule has 1 amide bonds. The predicted octanol–water partition coefficient (Wildman–Crippen LogP) is 4.12. The lowest BCUT2D eigenvalue weighted by atomic mass is 10.1. The molecule has 7 nitrogen and oxygen atoms in total. The molecule has 0 aliphatic carbocycles. The lowest BCUT2D eigenvalue weighted by molar-refractivity contribution is -0.127. The number of likely N-dealkylation sites (tertiary alicyclic amines) is 1. The van der Waals surface area contributed by atoms with E-state index >= 15 is 0 Å². The lowest BCUT2D eigenvalue weighted by Gasteiger charge is -2.30. The van der Waals surface area contributed by atoms with Crippen LogP contribution in [0.2, 0.25) is 0 Å². The van der Waals surface area contributed by atoms with E-state index in [1.54, 1.807) is 13.2 Å². The average Bonchev–Trinajstić information content (AvgIpc) is 3.43. The highest BCUT2D eigenvalue weighted by atomic mass is 32.1. The molecule has 0 atom stereocenters. The third kappa shape index (κ3) is 4.29. The van der Waals surface area contributed by atoms with Crippen molar-refractivity contribution in [2.75, 3.05) is 27.0 Å². The highest BCUT2D eigenvalue weighted by Crippen LogP contribution is 2.33. The first kappa shape index (κ1) is 19.7. The summed E-state index contributed by atoms with van der Waals surface area (Å²) in [5, 5.41) is 0.663. The second-order valence-electron chi connectivity index (χ2n) is 7.40. The molecule has 0 spiro atoms. The Morgan fingerprint density at radius 1 is 1.16 bits per heavy atom. The van der Waals surface area contributed by atoms with E-state index in [1.165, 1.54) is 11.3 Å². The van der Waals surface area contributed by atoms with Gasteiger partial charge in [0.15, 0.2) is 11.5 Å². The van der Waals surface area contributed by atoms with Crippen molar-refractivity contribution in [2.45, 2.75) is 18.9 Å². The average molecular weight is 439 g/mol. The van der Waals surface area contributed by atoms with Crippen LogP contribution in [0.25, 0.3) is 16.3 Å². The molecule has 8 heteroatoms. The first-order valence-electron chi connectivity index (χ1n) is 10.2. The van der Waals surface area contributed by atoms with Gasteiger partial charge in [-0.25, -0.2) is 4.98 Å². The third-order valence-electron chi connectivity index (χ3n) is 5.41. The standard InChI is InChI=1S/C23H22N2O5S/c1-27-17-4-5-18-21(13-17)31-23(24-18)30-16-8-10-25(11-9-16)22(26)7-3-15-2-6-19-20(12-15)29-14-28-19/h2-7,12-13,16H,8-11,14H2,1H3/b7-3+. The van der Waals surface area contributed by atoms with Crippen LogP contribution in [0.1, 0.15) is 18.4 Å². The number of piperidine rings is 1. The maximum atomic E-state index is 12.6. The van der Waals surface area contributed by atoms with Gasteiger partial charge in [-0.3, -0.25) is 4.79 Å². The minimum atomic E-state index is 0.00296. The largest absolute Gasteiger partial charge is 0.497 e. The van der Waals surface area contributed by atoms with E-state index in [0.29, 0.717) is 24.0 Å². The fourth-order valence-electron chi connectivity index (χ4n) is 3.69. The summed E-state index contributed by atoms with van der Waals surface area (Å²) in [6.45, 7) is 1.56. The Hall–Kier alpha value is -3.26. The molecule has 2 aliphatic heterocycles. The molecule has 0 unspecified atom stereocenters. The molecule has 0 radical (unpaired) electrons. The number of fused-ring (bicyclic) bond motifs is 2. The van der Waals surface area contributed by atoms with Crippen LogP contribution in [0.15, 0.2) is 42.5 Å². The molecule has 5 rings (SSSR count). The maximum absolute atomic E-state index is 12.6. The number of benzene rings is 2. The molecule has 0 saturated carbocycles. The molecule has 1 aromatic heterocycles. The van der Waals surface area contributed by atoms with E-state index in [-0.39, 0.29) is 18.8 Å². The van der Waals surface area contributed by atoms with Crippen molar-refractivity contribution < 1.29 is 23.7 Å². The normalized spacial score (nSPS) is 16.2. The molecule has 3 aromatic rings. The zero-order valence-electron chi connectivity index (χ0n) is 17.1. The van der Waals surface area contributed by atoms with Gasteiger partial charge >= 0.3 is 0 Å². The number of ether oxygens (including phenoxy) is 4. The summed E-state index contributed by atoms with van der Waals surface area (Å²) in [5.41, 5.74) is 1.81. The number of thiazole rings is 1. The zero-order valence-corrected chi connectivity index (χ0v) is 17.9. The van der Waals surface area contributed by atoms with E-state index in [0.717, 1.165) is 40.1 Å². The number of carbonyl (C=O) groups excluding carboxylic acids is 1. The van der Waals surface area contributed by atoms with Crippen LogP contribution in [-0.2, 0) is 4.79 Å². The smallest absolute Gasteiger partial charge is 0.274 e. The van der Waals surface area contributed by atoms with Crippen LogP contribution in [-0.4, -0.2) is 48.9 Å². The fraction of sp³-hybridized carbons (Fsp3) is 0.304. The molecule has 1 saturated heterocycles. The Bertz CT molecular complexity index is 1130. The lowest BCUT2D eigenvalue weighted by Crippen LogP contribution is -2.41. The third-order valence-corrected chi connectivity index (χ3v) is 6.32. The summed E-state index contributed by atoms with van der Waals surface area (Å²) >= 11 is 1.52. The second-order valence-corrected chi connectivity index (χ2v) is 8.40. The van der Waals surface area contributed by atoms with Crippen LogP contribution in [0.4, 0.5) is 0 Å². The summed E-state index contributed by atoms with van der Waals surface area (Å²) < 4.78 is 23.1. The monoisotopic (exact) mass is 438 g/mol. The van der Waals surface area contributed by atoms with Crippen molar-refractivity contribution in [3.8, 4) is 22.4 Å². The van der Waals surface area contributed by atoms with Crippen molar-refractivity contribution in [3.63, 3.8) is 0 Å². The van der Waals surface area contributed by atoms with Gasteiger partial charge in [-0.15, -0.1) is 0 Å². The Labute approximate surface area is 183 Å². The van der Waals surface area contributed by atoms with Gasteiger partial charge in [0.05, 0.1) is 17.3 Å². The van der Waals surface area contributed by atoms with E-state index in [2.05, 4.69) is 4.98 Å². The number of rotatable bonds is 5. The Morgan fingerprint density at radius 3 is 2.84 bits per heavy atom. The number of hydrogen-bond donors (Lipinski definition) is 0. The van der Waals surface area contributed by atoms with Gasteiger partial charge in [0.1, 0.15) is 11.9 Å². The predicted molar refractivity (Wildman–Crippen MR) is 118 cm³/mol. The van der Waals surface area contributed by atoms with E-state index in [1.807, 2.05) is 47.4 Å². The number of aromatic nitrogens is 1. The van der Waals surface area contributed by atoms with Crippen molar-refractivity contribution in [1.82, 2.24) is 9.88 Å². The molecule has 0 bridgehead atoms. The molecule has 0 N–H and O–H groups in total. The van der Waals surface area contributed by atoms with E-state index < -0.39 is 0 Å². The molecule has 31 heavy (non-hydrogen) atoms. The quantitative estimate of drug-likeness (QED) is 0.558. The number of nitrogens with zero attached hydrogens (tertiary/aromatic N) is 2.